The molecule has 0 aliphatic rings. The molecule has 0 N–H and O–H groups in total. The van der Waals surface area contributed by atoms with Gasteiger partial charge in [0.05, 0.1) is 0 Å². The summed E-state index contributed by atoms with van der Waals surface area (Å²) in [5.41, 5.74) is 0. The van der Waals surface area contributed by atoms with Crippen LogP contribution in [0.3, 0.4) is 0 Å². The minimum Gasteiger partial charge on any atom is -0.308 e. The molecule has 0 atom stereocenters. The van der Waals surface area contributed by atoms with Crippen LogP contribution in [0.1, 0.15) is 6.92 Å². The minimum absolute atomic E-state index is 1.15. The maximum atomic E-state index is 2.31. The molecule has 56 valence electrons. The third kappa shape index (κ3) is 5.80. The molecule has 2 nitrogen and oxygen atoms in total. The Balaban J connectivity index is 3.06. The Bertz CT molecular complexity index is 61.9. The van der Waals surface area contributed by atoms with E-state index >= 15 is 0 Å². The Hall–Kier alpha value is -0.0800. The van der Waals surface area contributed by atoms with Gasteiger partial charge in [-0.3, -0.25) is 0 Å². The molecule has 0 aliphatic carbocycles. The number of likely N-dealkylation sites (N-methyl/N-ethyl adjacent to an activating group) is 2. The summed E-state index contributed by atoms with van der Waals surface area (Å²) < 4.78 is 0. The van der Waals surface area contributed by atoms with E-state index in [4.69, 9.17) is 0 Å². The van der Waals surface area contributed by atoms with Crippen molar-refractivity contribution in [1.82, 2.24) is 9.80 Å². The molecule has 0 aliphatic heterocycles. The van der Waals surface area contributed by atoms with Crippen LogP contribution in [0, 0.1) is 0 Å². The molecule has 0 bridgehead atoms. The molecular formula is C7H18N2. The Morgan fingerprint density at radius 2 is 1.56 bits per heavy atom. The summed E-state index contributed by atoms with van der Waals surface area (Å²) in [5, 5.41) is 0. The van der Waals surface area contributed by atoms with Crippen molar-refractivity contribution < 1.29 is 0 Å². The topological polar surface area (TPSA) is 6.48 Å². The van der Waals surface area contributed by atoms with E-state index in [0.29, 0.717) is 0 Å². The van der Waals surface area contributed by atoms with Crippen LogP contribution in [0.2, 0.25) is 0 Å². The zero-order valence-corrected chi connectivity index (χ0v) is 7.02. The van der Waals surface area contributed by atoms with Gasteiger partial charge < -0.3 is 9.80 Å². The smallest absolute Gasteiger partial charge is 0.0106 e. The van der Waals surface area contributed by atoms with E-state index in [9.17, 15) is 0 Å². The van der Waals surface area contributed by atoms with Crippen molar-refractivity contribution in [2.75, 3.05) is 40.8 Å². The zero-order valence-electron chi connectivity index (χ0n) is 7.02. The minimum atomic E-state index is 1.15. The largest absolute Gasteiger partial charge is 0.308 e. The predicted octanol–water partition coefficient (Wildman–Crippen LogP) is 0.500. The van der Waals surface area contributed by atoms with E-state index in [1.54, 1.807) is 0 Å². The highest BCUT2D eigenvalue weighted by Crippen LogP contribution is 1.81. The van der Waals surface area contributed by atoms with Crippen LogP contribution >= 0.6 is 0 Å². The summed E-state index contributed by atoms with van der Waals surface area (Å²) in [6.07, 6.45) is 0. The average molecular weight is 130 g/mol. The molecule has 0 saturated heterocycles. The van der Waals surface area contributed by atoms with E-state index in [1.807, 2.05) is 0 Å². The molecule has 0 radical (unpaired) electrons. The van der Waals surface area contributed by atoms with Gasteiger partial charge in [0, 0.05) is 13.1 Å². The van der Waals surface area contributed by atoms with Crippen LogP contribution in [0.15, 0.2) is 0 Å². The molecule has 0 spiro atoms. The maximum Gasteiger partial charge on any atom is 0.0106 e. The highest BCUT2D eigenvalue weighted by Gasteiger charge is 1.93. The van der Waals surface area contributed by atoms with Gasteiger partial charge >= 0.3 is 0 Å². The second-order valence-corrected chi connectivity index (χ2v) is 2.70. The molecular weight excluding hydrogens is 112 g/mol. The van der Waals surface area contributed by atoms with Crippen molar-refractivity contribution in [2.24, 2.45) is 0 Å². The van der Waals surface area contributed by atoms with E-state index in [0.717, 1.165) is 13.1 Å². The lowest BCUT2D eigenvalue weighted by molar-refractivity contribution is 0.292. The lowest BCUT2D eigenvalue weighted by atomic mass is 10.5. The third-order valence-electron chi connectivity index (χ3n) is 1.47. The second kappa shape index (κ2) is 4.77. The van der Waals surface area contributed by atoms with Gasteiger partial charge in [-0.15, -0.1) is 0 Å². The van der Waals surface area contributed by atoms with Crippen molar-refractivity contribution >= 4 is 0 Å². The molecule has 0 unspecified atom stereocenters. The number of nitrogens with zero attached hydrogens (tertiary/aromatic N) is 2. The summed E-state index contributed by atoms with van der Waals surface area (Å²) in [7, 11) is 6.34. The van der Waals surface area contributed by atoms with Crippen molar-refractivity contribution in [3.8, 4) is 0 Å². The van der Waals surface area contributed by atoms with Gasteiger partial charge in [0.15, 0.2) is 0 Å². The summed E-state index contributed by atoms with van der Waals surface area (Å²) in [5.74, 6) is 0. The van der Waals surface area contributed by atoms with Crippen LogP contribution in [0.4, 0.5) is 0 Å². The number of hydrogen-bond donors (Lipinski definition) is 0. The van der Waals surface area contributed by atoms with Crippen molar-refractivity contribution in [3.05, 3.63) is 0 Å². The fraction of sp³-hybridized carbons (Fsp3) is 1.00. The van der Waals surface area contributed by atoms with Gasteiger partial charge in [0.2, 0.25) is 0 Å². The van der Waals surface area contributed by atoms with Gasteiger partial charge in [-0.25, -0.2) is 0 Å². The van der Waals surface area contributed by atoms with E-state index in [-0.39, 0.29) is 0 Å². The van der Waals surface area contributed by atoms with Gasteiger partial charge in [0.25, 0.3) is 0 Å². The summed E-state index contributed by atoms with van der Waals surface area (Å²) >= 11 is 0. The quantitative estimate of drug-likeness (QED) is 0.547. The van der Waals surface area contributed by atoms with Crippen molar-refractivity contribution in [1.29, 1.82) is 0 Å². The second-order valence-electron chi connectivity index (χ2n) is 2.70. The molecule has 0 fully saturated rings. The van der Waals surface area contributed by atoms with E-state index in [2.05, 4.69) is 37.9 Å². The first-order valence-electron chi connectivity index (χ1n) is 3.50. The Morgan fingerprint density at radius 1 is 1.00 bits per heavy atom. The Labute approximate surface area is 58.4 Å². The summed E-state index contributed by atoms with van der Waals surface area (Å²) in [6.45, 7) is 5.65. The molecule has 0 rings (SSSR count). The Kier molecular flexibility index (Phi) is 4.72. The zero-order chi connectivity index (χ0) is 7.28. The van der Waals surface area contributed by atoms with Gasteiger partial charge in [0.1, 0.15) is 0 Å². The fourth-order valence-corrected chi connectivity index (χ4v) is 0.529. The van der Waals surface area contributed by atoms with Crippen molar-refractivity contribution in [3.63, 3.8) is 0 Å². The molecule has 0 aromatic heterocycles. The first-order chi connectivity index (χ1) is 4.16. The number of hydrogen-bond acceptors (Lipinski definition) is 2. The molecule has 9 heavy (non-hydrogen) atoms. The highest BCUT2D eigenvalue weighted by atomic mass is 15.1. The van der Waals surface area contributed by atoms with E-state index < -0.39 is 0 Å². The van der Waals surface area contributed by atoms with Crippen LogP contribution in [0.25, 0.3) is 0 Å². The lowest BCUT2D eigenvalue weighted by Gasteiger charge is -2.16. The van der Waals surface area contributed by atoms with Gasteiger partial charge in [-0.05, 0) is 27.7 Å². The molecule has 0 heterocycles. The predicted molar refractivity (Wildman–Crippen MR) is 41.7 cm³/mol. The van der Waals surface area contributed by atoms with Crippen molar-refractivity contribution in [2.45, 2.75) is 6.92 Å². The van der Waals surface area contributed by atoms with Crippen LogP contribution in [-0.2, 0) is 0 Å². The van der Waals surface area contributed by atoms with Gasteiger partial charge in [-0.2, -0.15) is 0 Å². The standard InChI is InChI=1S/C7H18N2/c1-5-9(4)7-6-8(2)3/h5-7H2,1-4H3. The summed E-state index contributed by atoms with van der Waals surface area (Å²) in [6, 6.07) is 0. The third-order valence-corrected chi connectivity index (χ3v) is 1.47. The van der Waals surface area contributed by atoms with Crippen LogP contribution in [0.5, 0.6) is 0 Å². The molecule has 2 heteroatoms. The van der Waals surface area contributed by atoms with Crippen LogP contribution < -0.4 is 0 Å². The van der Waals surface area contributed by atoms with Gasteiger partial charge in [-0.1, -0.05) is 6.92 Å². The normalized spacial score (nSPS) is 11.3. The first kappa shape index (κ1) is 8.92. The lowest BCUT2D eigenvalue weighted by Crippen LogP contribution is -2.28. The Morgan fingerprint density at radius 3 is 1.89 bits per heavy atom. The SMILES string of the molecule is CCN(C)CCN(C)C. The maximum absolute atomic E-state index is 2.31. The van der Waals surface area contributed by atoms with Crippen LogP contribution in [-0.4, -0.2) is 50.6 Å². The molecule has 0 aromatic carbocycles. The number of rotatable bonds is 4. The first-order valence-corrected chi connectivity index (χ1v) is 3.50. The molecule has 0 aromatic rings. The average Bonchev–Trinajstić information content (AvgIpc) is 1.83. The monoisotopic (exact) mass is 130 g/mol. The molecule has 0 saturated carbocycles. The fourth-order valence-electron chi connectivity index (χ4n) is 0.529. The summed E-state index contributed by atoms with van der Waals surface area (Å²) in [4.78, 5) is 4.51. The molecule has 0 amide bonds. The van der Waals surface area contributed by atoms with E-state index in [1.165, 1.54) is 6.54 Å². The highest BCUT2D eigenvalue weighted by molar-refractivity contribution is 4.49.